The Labute approximate surface area is 177 Å². The molecule has 2 aromatic carbocycles. The third-order valence-corrected chi connectivity index (χ3v) is 5.66. The number of aromatic amines is 1. The minimum Gasteiger partial charge on any atom is -0.497 e. The van der Waals surface area contributed by atoms with Crippen LogP contribution in [0.15, 0.2) is 36.4 Å². The van der Waals surface area contributed by atoms with Gasteiger partial charge in [0, 0.05) is 23.1 Å². The van der Waals surface area contributed by atoms with Gasteiger partial charge < -0.3 is 20.7 Å². The molecule has 0 aliphatic carbocycles. The normalized spacial score (nSPS) is 19.8. The maximum Gasteiger partial charge on any atom is 0.255 e. The summed E-state index contributed by atoms with van der Waals surface area (Å²) in [4.78, 5) is 27.3. The van der Waals surface area contributed by atoms with Crippen molar-refractivity contribution in [3.8, 4) is 17.6 Å². The molecule has 2 amide bonds. The highest BCUT2D eigenvalue weighted by molar-refractivity contribution is 6.00. The Morgan fingerprint density at radius 2 is 2.13 bits per heavy atom. The lowest BCUT2D eigenvalue weighted by molar-refractivity contribution is -0.122. The Kier molecular flexibility index (Phi) is 4.30. The van der Waals surface area contributed by atoms with Gasteiger partial charge in [-0.05, 0) is 35.9 Å². The number of fused-ring (bicyclic) bond motifs is 2. The summed E-state index contributed by atoms with van der Waals surface area (Å²) in [5.41, 5.74) is 7.56. The standard InChI is InChI=1S/C22H20N6O3/c1-31-15-4-3-14-10-28(20(29)17(14)9-15)11-22(21(30)24-12-25-22)7-6-13-2-5-16-18(8-13)26-27-19(16)23/h2-5,8-9,25H,10-12H2,1H3,(H,24,30)(H3,23,26,27). The number of nitrogens with two attached hydrogens (primary N) is 1. The van der Waals surface area contributed by atoms with Crippen LogP contribution in [-0.2, 0) is 11.3 Å². The number of methoxy groups -OCH3 is 1. The second-order valence-electron chi connectivity index (χ2n) is 7.57. The van der Waals surface area contributed by atoms with Crippen LogP contribution < -0.4 is 21.1 Å². The van der Waals surface area contributed by atoms with Crippen LogP contribution in [0.4, 0.5) is 5.82 Å². The molecular weight excluding hydrogens is 396 g/mol. The van der Waals surface area contributed by atoms with E-state index in [-0.39, 0.29) is 25.0 Å². The Hall–Kier alpha value is -4.03. The van der Waals surface area contributed by atoms with E-state index in [1.54, 1.807) is 18.1 Å². The minimum absolute atomic E-state index is 0.126. The van der Waals surface area contributed by atoms with E-state index in [0.29, 0.717) is 29.2 Å². The molecule has 1 saturated heterocycles. The monoisotopic (exact) mass is 416 g/mol. The number of nitrogens with zero attached hydrogens (tertiary/aromatic N) is 2. The van der Waals surface area contributed by atoms with Crippen molar-refractivity contribution in [1.29, 1.82) is 0 Å². The molecule has 0 spiro atoms. The van der Waals surface area contributed by atoms with E-state index < -0.39 is 5.54 Å². The summed E-state index contributed by atoms with van der Waals surface area (Å²) in [6, 6.07) is 10.9. The van der Waals surface area contributed by atoms with Gasteiger partial charge in [0.05, 0.1) is 25.8 Å². The zero-order chi connectivity index (χ0) is 21.6. The number of anilines is 1. The maximum absolute atomic E-state index is 13.0. The largest absolute Gasteiger partial charge is 0.497 e. The average Bonchev–Trinajstić information content (AvgIpc) is 3.43. The molecule has 1 unspecified atom stereocenters. The number of H-pyrrole nitrogens is 1. The molecule has 5 N–H and O–H groups in total. The van der Waals surface area contributed by atoms with Gasteiger partial charge in [-0.15, -0.1) is 0 Å². The lowest BCUT2D eigenvalue weighted by Gasteiger charge is -2.26. The third-order valence-electron chi connectivity index (χ3n) is 5.66. The molecule has 1 fully saturated rings. The van der Waals surface area contributed by atoms with Gasteiger partial charge in [0.1, 0.15) is 5.75 Å². The van der Waals surface area contributed by atoms with Crippen molar-refractivity contribution in [1.82, 2.24) is 25.7 Å². The van der Waals surface area contributed by atoms with Crippen LogP contribution in [-0.4, -0.2) is 52.8 Å². The molecule has 1 atom stereocenters. The van der Waals surface area contributed by atoms with Gasteiger partial charge in [-0.3, -0.25) is 20.0 Å². The van der Waals surface area contributed by atoms with Crippen LogP contribution in [0.3, 0.4) is 0 Å². The second kappa shape index (κ2) is 7.04. The number of rotatable bonds is 3. The highest BCUT2D eigenvalue weighted by Crippen LogP contribution is 2.28. The van der Waals surface area contributed by atoms with E-state index in [4.69, 9.17) is 10.5 Å². The fraction of sp³-hybridized carbons (Fsp3) is 0.227. The molecule has 3 heterocycles. The molecule has 9 nitrogen and oxygen atoms in total. The maximum atomic E-state index is 13.0. The lowest BCUT2D eigenvalue weighted by Crippen LogP contribution is -2.54. The predicted molar refractivity (Wildman–Crippen MR) is 114 cm³/mol. The molecule has 0 saturated carbocycles. The molecule has 2 aliphatic heterocycles. The van der Waals surface area contributed by atoms with Gasteiger partial charge in [-0.2, -0.15) is 5.10 Å². The fourth-order valence-electron chi connectivity index (χ4n) is 3.95. The molecule has 0 bridgehead atoms. The van der Waals surface area contributed by atoms with Crippen molar-refractivity contribution in [3.05, 3.63) is 53.1 Å². The predicted octanol–water partition coefficient (Wildman–Crippen LogP) is 0.577. The van der Waals surface area contributed by atoms with Crippen molar-refractivity contribution in [2.45, 2.75) is 12.1 Å². The number of amides is 2. The number of hydrogen-bond donors (Lipinski definition) is 4. The Morgan fingerprint density at radius 3 is 2.90 bits per heavy atom. The van der Waals surface area contributed by atoms with Crippen LogP contribution in [0.2, 0.25) is 0 Å². The molecule has 31 heavy (non-hydrogen) atoms. The van der Waals surface area contributed by atoms with E-state index in [9.17, 15) is 9.59 Å². The number of nitrogens with one attached hydrogen (secondary N) is 3. The van der Waals surface area contributed by atoms with E-state index in [2.05, 4.69) is 32.7 Å². The van der Waals surface area contributed by atoms with Crippen LogP contribution in [0.1, 0.15) is 21.5 Å². The van der Waals surface area contributed by atoms with Gasteiger partial charge in [-0.25, -0.2) is 0 Å². The van der Waals surface area contributed by atoms with Crippen LogP contribution >= 0.6 is 0 Å². The number of aromatic nitrogens is 2. The van der Waals surface area contributed by atoms with E-state index in [0.717, 1.165) is 16.5 Å². The molecular formula is C22H20N6O3. The minimum atomic E-state index is -1.20. The number of nitrogen functional groups attached to an aromatic ring is 1. The number of benzene rings is 2. The first-order valence-corrected chi connectivity index (χ1v) is 9.75. The summed E-state index contributed by atoms with van der Waals surface area (Å²) >= 11 is 0. The van der Waals surface area contributed by atoms with Gasteiger partial charge in [0.25, 0.3) is 11.8 Å². The summed E-state index contributed by atoms with van der Waals surface area (Å²) in [5.74, 6) is 6.78. The van der Waals surface area contributed by atoms with Gasteiger partial charge in [0.2, 0.25) is 0 Å². The number of carbonyl (C=O) groups excluding carboxylic acids is 2. The summed E-state index contributed by atoms with van der Waals surface area (Å²) in [5, 5.41) is 13.6. The number of hydrogen-bond acceptors (Lipinski definition) is 6. The number of carbonyl (C=O) groups is 2. The van der Waals surface area contributed by atoms with Crippen molar-refractivity contribution in [3.63, 3.8) is 0 Å². The first kappa shape index (κ1) is 19.0. The zero-order valence-electron chi connectivity index (χ0n) is 16.8. The first-order chi connectivity index (χ1) is 15.0. The van der Waals surface area contributed by atoms with E-state index in [1.807, 2.05) is 30.3 Å². The highest BCUT2D eigenvalue weighted by atomic mass is 16.5. The van der Waals surface area contributed by atoms with Crippen LogP contribution in [0.25, 0.3) is 10.9 Å². The highest BCUT2D eigenvalue weighted by Gasteiger charge is 2.44. The number of ether oxygens (including phenoxy) is 1. The fourth-order valence-corrected chi connectivity index (χ4v) is 3.95. The van der Waals surface area contributed by atoms with Gasteiger partial charge in [0.15, 0.2) is 11.4 Å². The molecule has 5 rings (SSSR count). The average molecular weight is 416 g/mol. The summed E-state index contributed by atoms with van der Waals surface area (Å²) in [7, 11) is 1.56. The topological polar surface area (TPSA) is 125 Å². The van der Waals surface area contributed by atoms with Crippen molar-refractivity contribution >= 4 is 28.5 Å². The smallest absolute Gasteiger partial charge is 0.255 e. The summed E-state index contributed by atoms with van der Waals surface area (Å²) in [6.45, 7) is 0.823. The van der Waals surface area contributed by atoms with Crippen molar-refractivity contribution < 1.29 is 14.3 Å². The first-order valence-electron chi connectivity index (χ1n) is 9.75. The molecule has 2 aliphatic rings. The van der Waals surface area contributed by atoms with Crippen LogP contribution in [0.5, 0.6) is 5.75 Å². The molecule has 1 aromatic heterocycles. The quantitative estimate of drug-likeness (QED) is 0.463. The van der Waals surface area contributed by atoms with Crippen molar-refractivity contribution in [2.24, 2.45) is 0 Å². The SMILES string of the molecule is COc1ccc2c(c1)C(=O)N(CC1(C#Cc3ccc4c(N)n[nH]c4c3)NCNC1=O)C2. The third kappa shape index (κ3) is 3.14. The van der Waals surface area contributed by atoms with Gasteiger partial charge >= 0.3 is 0 Å². The zero-order valence-corrected chi connectivity index (χ0v) is 16.8. The van der Waals surface area contributed by atoms with Crippen molar-refractivity contribution in [2.75, 3.05) is 26.1 Å². The molecule has 0 radical (unpaired) electrons. The molecule has 9 heteroatoms. The van der Waals surface area contributed by atoms with E-state index in [1.165, 1.54) is 0 Å². The summed E-state index contributed by atoms with van der Waals surface area (Å²) < 4.78 is 5.23. The summed E-state index contributed by atoms with van der Waals surface area (Å²) in [6.07, 6.45) is 0. The van der Waals surface area contributed by atoms with Gasteiger partial charge in [-0.1, -0.05) is 17.9 Å². The Bertz CT molecular complexity index is 1290. The Balaban J connectivity index is 1.44. The molecule has 156 valence electrons. The second-order valence-corrected chi connectivity index (χ2v) is 7.57. The molecule has 3 aromatic rings. The van der Waals surface area contributed by atoms with Crippen LogP contribution in [0, 0.1) is 11.8 Å². The lowest BCUT2D eigenvalue weighted by atomic mass is 9.99. The van der Waals surface area contributed by atoms with E-state index >= 15 is 0 Å². The Morgan fingerprint density at radius 1 is 1.26 bits per heavy atom.